The van der Waals surface area contributed by atoms with E-state index in [1.54, 1.807) is 6.07 Å². The first-order valence-electron chi connectivity index (χ1n) is 6.77. The third-order valence-corrected chi connectivity index (χ3v) is 3.52. The number of nitrogens with zero attached hydrogens (tertiary/aromatic N) is 3. The molecule has 96 valence electrons. The summed E-state index contributed by atoms with van der Waals surface area (Å²) in [6.07, 6.45) is 8.07. The Hall–Kier alpha value is -1.63. The van der Waals surface area contributed by atoms with Crippen molar-refractivity contribution >= 4 is 5.95 Å². The van der Waals surface area contributed by atoms with Crippen LogP contribution in [0.2, 0.25) is 0 Å². The van der Waals surface area contributed by atoms with Gasteiger partial charge in [-0.3, -0.25) is 0 Å². The predicted molar refractivity (Wildman–Crippen MR) is 71.2 cm³/mol. The van der Waals surface area contributed by atoms with Crippen LogP contribution in [-0.4, -0.2) is 16.5 Å². The first-order valence-corrected chi connectivity index (χ1v) is 6.77. The SMILES string of the molecule is Cc1cc(C#N)nc(NCCCC2CCCC2)n1. The van der Waals surface area contributed by atoms with E-state index in [1.165, 1.54) is 32.1 Å². The second-order valence-corrected chi connectivity index (χ2v) is 5.05. The van der Waals surface area contributed by atoms with Gasteiger partial charge >= 0.3 is 0 Å². The minimum Gasteiger partial charge on any atom is -0.354 e. The van der Waals surface area contributed by atoms with Gasteiger partial charge in [0.15, 0.2) is 0 Å². The van der Waals surface area contributed by atoms with Crippen LogP contribution in [0.5, 0.6) is 0 Å². The van der Waals surface area contributed by atoms with E-state index in [0.717, 1.165) is 24.6 Å². The lowest BCUT2D eigenvalue weighted by molar-refractivity contribution is 0.491. The van der Waals surface area contributed by atoms with Gasteiger partial charge in [-0.25, -0.2) is 9.97 Å². The van der Waals surface area contributed by atoms with Crippen molar-refractivity contribution in [2.45, 2.75) is 45.4 Å². The van der Waals surface area contributed by atoms with Crippen molar-refractivity contribution < 1.29 is 0 Å². The van der Waals surface area contributed by atoms with Crippen molar-refractivity contribution in [2.75, 3.05) is 11.9 Å². The molecule has 0 bridgehead atoms. The summed E-state index contributed by atoms with van der Waals surface area (Å²) < 4.78 is 0. The van der Waals surface area contributed by atoms with E-state index >= 15 is 0 Å². The van der Waals surface area contributed by atoms with E-state index in [2.05, 4.69) is 21.4 Å². The summed E-state index contributed by atoms with van der Waals surface area (Å²) in [5.41, 5.74) is 1.26. The van der Waals surface area contributed by atoms with Gasteiger partial charge in [-0.1, -0.05) is 25.7 Å². The Morgan fingerprint density at radius 3 is 2.89 bits per heavy atom. The molecule has 0 unspecified atom stereocenters. The summed E-state index contributed by atoms with van der Waals surface area (Å²) in [6, 6.07) is 3.75. The Morgan fingerprint density at radius 1 is 1.39 bits per heavy atom. The smallest absolute Gasteiger partial charge is 0.224 e. The van der Waals surface area contributed by atoms with Crippen molar-refractivity contribution in [3.05, 3.63) is 17.5 Å². The van der Waals surface area contributed by atoms with Crippen LogP contribution in [-0.2, 0) is 0 Å². The molecule has 0 radical (unpaired) electrons. The van der Waals surface area contributed by atoms with Crippen molar-refractivity contribution in [1.29, 1.82) is 5.26 Å². The van der Waals surface area contributed by atoms with Gasteiger partial charge in [-0.05, 0) is 31.7 Å². The largest absolute Gasteiger partial charge is 0.354 e. The molecule has 0 spiro atoms. The van der Waals surface area contributed by atoms with Gasteiger partial charge in [0.2, 0.25) is 5.95 Å². The number of anilines is 1. The average molecular weight is 244 g/mol. The van der Waals surface area contributed by atoms with E-state index in [0.29, 0.717) is 11.6 Å². The standard InChI is InChI=1S/C14H20N4/c1-11-9-13(10-15)18-14(17-11)16-8-4-7-12-5-2-3-6-12/h9,12H,2-8H2,1H3,(H,16,17,18). The first kappa shape index (κ1) is 12.8. The summed E-state index contributed by atoms with van der Waals surface area (Å²) in [6.45, 7) is 2.77. The van der Waals surface area contributed by atoms with Gasteiger partial charge in [0.05, 0.1) is 0 Å². The Bertz CT molecular complexity index is 430. The van der Waals surface area contributed by atoms with E-state index in [-0.39, 0.29) is 0 Å². The summed E-state index contributed by atoms with van der Waals surface area (Å²) in [7, 11) is 0. The van der Waals surface area contributed by atoms with Crippen molar-refractivity contribution in [1.82, 2.24) is 9.97 Å². The topological polar surface area (TPSA) is 61.6 Å². The number of rotatable bonds is 5. The lowest BCUT2D eigenvalue weighted by Gasteiger charge is -2.09. The molecule has 4 heteroatoms. The molecular weight excluding hydrogens is 224 g/mol. The van der Waals surface area contributed by atoms with Gasteiger partial charge in [-0.2, -0.15) is 5.26 Å². The molecule has 0 aliphatic heterocycles. The Labute approximate surface area is 108 Å². The molecule has 0 saturated heterocycles. The van der Waals surface area contributed by atoms with Crippen LogP contribution in [0.4, 0.5) is 5.95 Å². The highest BCUT2D eigenvalue weighted by Crippen LogP contribution is 2.28. The molecule has 1 saturated carbocycles. The fraction of sp³-hybridized carbons (Fsp3) is 0.643. The van der Waals surface area contributed by atoms with Crippen LogP contribution < -0.4 is 5.32 Å². The number of nitriles is 1. The number of hydrogen-bond acceptors (Lipinski definition) is 4. The summed E-state index contributed by atoms with van der Waals surface area (Å²) in [5.74, 6) is 1.51. The summed E-state index contributed by atoms with van der Waals surface area (Å²) in [4.78, 5) is 8.42. The Morgan fingerprint density at radius 2 is 2.17 bits per heavy atom. The third-order valence-electron chi connectivity index (χ3n) is 3.52. The molecule has 2 rings (SSSR count). The van der Waals surface area contributed by atoms with Crippen LogP contribution in [0.25, 0.3) is 0 Å². The predicted octanol–water partition coefficient (Wildman–Crippen LogP) is 3.04. The lowest BCUT2D eigenvalue weighted by Crippen LogP contribution is -2.08. The molecule has 0 atom stereocenters. The van der Waals surface area contributed by atoms with Crippen LogP contribution >= 0.6 is 0 Å². The Kier molecular flexibility index (Phi) is 4.52. The molecule has 18 heavy (non-hydrogen) atoms. The average Bonchev–Trinajstić information content (AvgIpc) is 2.87. The minimum atomic E-state index is 0.431. The maximum atomic E-state index is 8.83. The highest BCUT2D eigenvalue weighted by atomic mass is 15.1. The zero-order valence-electron chi connectivity index (χ0n) is 10.9. The summed E-state index contributed by atoms with van der Waals surface area (Å²) in [5, 5.41) is 12.0. The molecular formula is C14H20N4. The minimum absolute atomic E-state index is 0.431. The molecule has 4 nitrogen and oxygen atoms in total. The third kappa shape index (κ3) is 3.69. The van der Waals surface area contributed by atoms with Gasteiger partial charge in [0.25, 0.3) is 0 Å². The van der Waals surface area contributed by atoms with Gasteiger partial charge < -0.3 is 5.32 Å². The fourth-order valence-corrected chi connectivity index (χ4v) is 2.59. The highest BCUT2D eigenvalue weighted by molar-refractivity contribution is 5.32. The summed E-state index contributed by atoms with van der Waals surface area (Å²) >= 11 is 0. The van der Waals surface area contributed by atoms with Crippen molar-refractivity contribution in [3.63, 3.8) is 0 Å². The zero-order chi connectivity index (χ0) is 12.8. The molecule has 1 aliphatic rings. The normalized spacial score (nSPS) is 15.6. The van der Waals surface area contributed by atoms with Crippen LogP contribution in [0, 0.1) is 24.2 Å². The molecule has 0 amide bonds. The fourth-order valence-electron chi connectivity index (χ4n) is 2.59. The van der Waals surface area contributed by atoms with Crippen molar-refractivity contribution in [2.24, 2.45) is 5.92 Å². The number of aromatic nitrogens is 2. The molecule has 1 heterocycles. The Balaban J connectivity index is 1.75. The number of hydrogen-bond donors (Lipinski definition) is 1. The van der Waals surface area contributed by atoms with Crippen LogP contribution in [0.15, 0.2) is 6.07 Å². The molecule has 1 N–H and O–H groups in total. The lowest BCUT2D eigenvalue weighted by atomic mass is 10.0. The highest BCUT2D eigenvalue weighted by Gasteiger charge is 2.13. The number of nitrogens with one attached hydrogen (secondary N) is 1. The van der Waals surface area contributed by atoms with Gasteiger partial charge in [-0.15, -0.1) is 0 Å². The van der Waals surface area contributed by atoms with E-state index in [9.17, 15) is 0 Å². The maximum Gasteiger partial charge on any atom is 0.224 e. The quantitative estimate of drug-likeness (QED) is 0.809. The van der Waals surface area contributed by atoms with Gasteiger partial charge in [0.1, 0.15) is 11.8 Å². The zero-order valence-corrected chi connectivity index (χ0v) is 10.9. The van der Waals surface area contributed by atoms with Crippen LogP contribution in [0.1, 0.15) is 49.9 Å². The molecule has 1 fully saturated rings. The maximum absolute atomic E-state index is 8.83. The number of aryl methyl sites for hydroxylation is 1. The first-order chi connectivity index (χ1) is 8.78. The van der Waals surface area contributed by atoms with Gasteiger partial charge in [0, 0.05) is 12.2 Å². The van der Waals surface area contributed by atoms with Crippen LogP contribution in [0.3, 0.4) is 0 Å². The molecule has 1 aromatic rings. The molecule has 0 aromatic carbocycles. The second-order valence-electron chi connectivity index (χ2n) is 5.05. The van der Waals surface area contributed by atoms with E-state index < -0.39 is 0 Å². The van der Waals surface area contributed by atoms with Crippen molar-refractivity contribution in [3.8, 4) is 6.07 Å². The molecule has 1 aliphatic carbocycles. The monoisotopic (exact) mass is 244 g/mol. The second kappa shape index (κ2) is 6.34. The van der Waals surface area contributed by atoms with E-state index in [4.69, 9.17) is 5.26 Å². The molecule has 1 aromatic heterocycles. The van der Waals surface area contributed by atoms with E-state index in [1.807, 2.05) is 6.92 Å².